The van der Waals surface area contributed by atoms with Gasteiger partial charge in [-0.2, -0.15) is 5.10 Å². The molecular formula is C23H16N4OS. The Labute approximate surface area is 170 Å². The maximum absolute atomic E-state index is 13.3. The van der Waals surface area contributed by atoms with Crippen LogP contribution in [-0.2, 0) is 0 Å². The van der Waals surface area contributed by atoms with Gasteiger partial charge in [0.2, 0.25) is 0 Å². The quantitative estimate of drug-likeness (QED) is 0.440. The number of rotatable bonds is 3. The Morgan fingerprint density at radius 2 is 1.90 bits per heavy atom. The van der Waals surface area contributed by atoms with Gasteiger partial charge in [0.1, 0.15) is 0 Å². The van der Waals surface area contributed by atoms with E-state index in [9.17, 15) is 4.79 Å². The monoisotopic (exact) mass is 396 g/mol. The zero-order valence-corrected chi connectivity index (χ0v) is 16.2. The molecule has 2 unspecified atom stereocenters. The molecule has 0 amide bonds. The van der Waals surface area contributed by atoms with Gasteiger partial charge < -0.3 is 0 Å². The molecule has 1 aromatic carbocycles. The van der Waals surface area contributed by atoms with Crippen molar-refractivity contribution in [3.8, 4) is 11.1 Å². The van der Waals surface area contributed by atoms with E-state index < -0.39 is 0 Å². The topological polar surface area (TPSA) is 60.7 Å². The number of fused-ring (bicyclic) bond motifs is 2. The van der Waals surface area contributed by atoms with Gasteiger partial charge in [0, 0.05) is 40.3 Å². The summed E-state index contributed by atoms with van der Waals surface area (Å²) in [6.45, 7) is 0. The molecule has 1 saturated carbocycles. The van der Waals surface area contributed by atoms with Crippen molar-refractivity contribution in [2.75, 3.05) is 0 Å². The van der Waals surface area contributed by atoms with Crippen LogP contribution in [-0.4, -0.2) is 19.7 Å². The summed E-state index contributed by atoms with van der Waals surface area (Å²) in [5.41, 5.74) is 3.95. The molecule has 5 aromatic rings. The maximum atomic E-state index is 13.3. The van der Waals surface area contributed by atoms with E-state index in [1.165, 1.54) is 0 Å². The highest BCUT2D eigenvalue weighted by Crippen LogP contribution is 2.50. The molecule has 2 atom stereocenters. The second-order valence-electron chi connectivity index (χ2n) is 7.36. The second-order valence-corrected chi connectivity index (χ2v) is 8.27. The Bertz CT molecular complexity index is 1420. The summed E-state index contributed by atoms with van der Waals surface area (Å²) in [5.74, 6) is 0.227. The molecule has 4 aromatic heterocycles. The molecule has 6 heteroatoms. The van der Waals surface area contributed by atoms with E-state index in [0.717, 1.165) is 44.2 Å². The van der Waals surface area contributed by atoms with Gasteiger partial charge in [0.05, 0.1) is 27.8 Å². The fraction of sp³-hybridized carbons (Fsp3) is 0.130. The molecule has 0 bridgehead atoms. The van der Waals surface area contributed by atoms with Gasteiger partial charge in [0.15, 0.2) is 0 Å². The van der Waals surface area contributed by atoms with Crippen molar-refractivity contribution in [2.24, 2.45) is 0 Å². The molecule has 0 aliphatic heterocycles. The summed E-state index contributed by atoms with van der Waals surface area (Å²) in [7, 11) is 0. The summed E-state index contributed by atoms with van der Waals surface area (Å²) in [4.78, 5) is 22.2. The first kappa shape index (κ1) is 16.6. The number of aromatic nitrogens is 4. The second kappa shape index (κ2) is 6.32. The average Bonchev–Trinajstić information content (AvgIpc) is 3.44. The summed E-state index contributed by atoms with van der Waals surface area (Å²) < 4.78 is 2.57. The molecule has 0 spiro atoms. The van der Waals surface area contributed by atoms with E-state index in [2.05, 4.69) is 28.3 Å². The lowest BCUT2D eigenvalue weighted by atomic mass is 10.1. The average molecular weight is 396 g/mol. The standard InChI is InChI=1S/C23H16N4OS/c28-23-22-17(14-7-9-24-10-8-14)13-29-21(22)12-25-27(23)20-11-16(20)19-6-5-15-3-1-2-4-18(15)26-19/h1-10,12-13,16,20H,11H2. The van der Waals surface area contributed by atoms with Gasteiger partial charge in [-0.1, -0.05) is 24.3 Å². The van der Waals surface area contributed by atoms with E-state index in [0.29, 0.717) is 0 Å². The highest BCUT2D eigenvalue weighted by molar-refractivity contribution is 7.17. The van der Waals surface area contributed by atoms with Crippen molar-refractivity contribution in [2.45, 2.75) is 18.4 Å². The van der Waals surface area contributed by atoms with E-state index in [-0.39, 0.29) is 17.5 Å². The molecule has 1 aliphatic carbocycles. The van der Waals surface area contributed by atoms with Crippen LogP contribution in [0.25, 0.3) is 32.1 Å². The largest absolute Gasteiger partial charge is 0.276 e. The lowest BCUT2D eigenvalue weighted by Crippen LogP contribution is -2.22. The van der Waals surface area contributed by atoms with Crippen LogP contribution in [0.15, 0.2) is 77.3 Å². The molecule has 140 valence electrons. The van der Waals surface area contributed by atoms with Crippen molar-refractivity contribution in [1.29, 1.82) is 0 Å². The van der Waals surface area contributed by atoms with Crippen LogP contribution in [0.3, 0.4) is 0 Å². The van der Waals surface area contributed by atoms with E-state index in [1.54, 1.807) is 28.4 Å². The van der Waals surface area contributed by atoms with Crippen LogP contribution < -0.4 is 5.56 Å². The third-order valence-corrected chi connectivity index (χ3v) is 6.52. The minimum Gasteiger partial charge on any atom is -0.267 e. The van der Waals surface area contributed by atoms with Crippen LogP contribution in [0.1, 0.15) is 24.1 Å². The smallest absolute Gasteiger partial charge is 0.267 e. The number of para-hydroxylation sites is 1. The third kappa shape index (κ3) is 2.68. The maximum Gasteiger partial charge on any atom is 0.276 e. The van der Waals surface area contributed by atoms with Gasteiger partial charge in [-0.25, -0.2) is 4.68 Å². The number of benzene rings is 1. The summed E-state index contributed by atoms with van der Waals surface area (Å²) in [6.07, 6.45) is 6.20. The molecule has 0 radical (unpaired) electrons. The Morgan fingerprint density at radius 3 is 2.79 bits per heavy atom. The van der Waals surface area contributed by atoms with Crippen molar-refractivity contribution >= 4 is 32.3 Å². The molecule has 5 nitrogen and oxygen atoms in total. The Kier molecular flexibility index (Phi) is 3.61. The number of nitrogens with zero attached hydrogens (tertiary/aromatic N) is 4. The number of thiophene rings is 1. The molecule has 6 rings (SSSR count). The van der Waals surface area contributed by atoms with Gasteiger partial charge >= 0.3 is 0 Å². The zero-order valence-electron chi connectivity index (χ0n) is 15.4. The Hall–Kier alpha value is -3.38. The highest BCUT2D eigenvalue weighted by atomic mass is 32.1. The van der Waals surface area contributed by atoms with Crippen molar-refractivity contribution < 1.29 is 0 Å². The lowest BCUT2D eigenvalue weighted by molar-refractivity contribution is 0.590. The van der Waals surface area contributed by atoms with Crippen LogP contribution >= 0.6 is 11.3 Å². The molecule has 0 saturated heterocycles. The first-order valence-electron chi connectivity index (χ1n) is 9.55. The number of pyridine rings is 2. The van der Waals surface area contributed by atoms with Crippen molar-refractivity contribution in [3.05, 3.63) is 88.5 Å². The highest BCUT2D eigenvalue weighted by Gasteiger charge is 2.43. The van der Waals surface area contributed by atoms with Crippen molar-refractivity contribution in [3.63, 3.8) is 0 Å². The van der Waals surface area contributed by atoms with Gasteiger partial charge in [-0.05, 0) is 36.2 Å². The third-order valence-electron chi connectivity index (χ3n) is 5.60. The molecular weight excluding hydrogens is 380 g/mol. The first-order valence-corrected chi connectivity index (χ1v) is 10.4. The minimum absolute atomic E-state index is 0.0242. The molecule has 1 aliphatic rings. The molecule has 4 heterocycles. The summed E-state index contributed by atoms with van der Waals surface area (Å²) in [5, 5.41) is 8.39. The fourth-order valence-electron chi connectivity index (χ4n) is 4.01. The normalized spacial score (nSPS) is 18.3. The lowest BCUT2D eigenvalue weighted by Gasteiger charge is -2.06. The zero-order chi connectivity index (χ0) is 19.4. The van der Waals surface area contributed by atoms with Crippen LogP contribution in [0.2, 0.25) is 0 Å². The first-order chi connectivity index (χ1) is 14.3. The number of hydrogen-bond acceptors (Lipinski definition) is 5. The van der Waals surface area contributed by atoms with Gasteiger partial charge in [-0.3, -0.25) is 14.8 Å². The molecule has 29 heavy (non-hydrogen) atoms. The van der Waals surface area contributed by atoms with Crippen LogP contribution in [0.5, 0.6) is 0 Å². The predicted molar refractivity (Wildman–Crippen MR) is 115 cm³/mol. The fourth-order valence-corrected chi connectivity index (χ4v) is 4.93. The minimum atomic E-state index is -0.0242. The van der Waals surface area contributed by atoms with Crippen LogP contribution in [0.4, 0.5) is 0 Å². The van der Waals surface area contributed by atoms with E-state index in [4.69, 9.17) is 4.98 Å². The van der Waals surface area contributed by atoms with Crippen molar-refractivity contribution in [1.82, 2.24) is 19.7 Å². The summed E-state index contributed by atoms with van der Waals surface area (Å²) in [6, 6.07) is 16.2. The summed E-state index contributed by atoms with van der Waals surface area (Å²) >= 11 is 1.55. The van der Waals surface area contributed by atoms with Gasteiger partial charge in [-0.15, -0.1) is 11.3 Å². The number of hydrogen-bond donors (Lipinski definition) is 0. The Balaban J connectivity index is 1.41. The predicted octanol–water partition coefficient (Wildman–Crippen LogP) is 4.80. The van der Waals surface area contributed by atoms with E-state index >= 15 is 0 Å². The molecule has 1 fully saturated rings. The SMILES string of the molecule is O=c1c2c(-c3ccncc3)csc2cnn1C1CC1c1ccc2ccccc2n1. The van der Waals surface area contributed by atoms with Crippen LogP contribution in [0, 0.1) is 0 Å². The van der Waals surface area contributed by atoms with Gasteiger partial charge in [0.25, 0.3) is 5.56 Å². The van der Waals surface area contributed by atoms with E-state index in [1.807, 2.05) is 41.9 Å². The Morgan fingerprint density at radius 1 is 1.03 bits per heavy atom. The molecule has 0 N–H and O–H groups in total.